The van der Waals surface area contributed by atoms with E-state index in [0.29, 0.717) is 5.69 Å². The number of hydrogen-bond donors (Lipinski definition) is 1. The average Bonchev–Trinajstić information content (AvgIpc) is 3.05. The minimum Gasteiger partial charge on any atom is -0.355 e. The standard InChI is InChI=1S/C18H21N3O/c1-13-6-5-7-14(2)17(13)20-15-8-9-19-16(12-15)18(22)21-10-3-4-11-21/h5-9,12H,3-4,10-11H2,1-2H3,(H,19,20). The van der Waals surface area contributed by atoms with Crippen LogP contribution in [0, 0.1) is 13.8 Å². The number of amides is 1. The number of pyridine rings is 1. The SMILES string of the molecule is Cc1cccc(C)c1Nc1ccnc(C(=O)N2CCCC2)c1. The number of benzene rings is 1. The normalized spacial score (nSPS) is 14.2. The zero-order valence-corrected chi connectivity index (χ0v) is 13.1. The molecule has 0 radical (unpaired) electrons. The number of aryl methyl sites for hydroxylation is 2. The van der Waals surface area contributed by atoms with Crippen molar-refractivity contribution in [2.24, 2.45) is 0 Å². The van der Waals surface area contributed by atoms with Gasteiger partial charge in [-0.15, -0.1) is 0 Å². The fraction of sp³-hybridized carbons (Fsp3) is 0.333. The molecule has 1 N–H and O–H groups in total. The number of para-hydroxylation sites is 1. The highest BCUT2D eigenvalue weighted by Gasteiger charge is 2.20. The molecule has 3 rings (SSSR count). The molecule has 4 heteroatoms. The largest absolute Gasteiger partial charge is 0.355 e. The number of carbonyl (C=O) groups excluding carboxylic acids is 1. The molecule has 0 atom stereocenters. The van der Waals surface area contributed by atoms with Crippen LogP contribution in [0.5, 0.6) is 0 Å². The van der Waals surface area contributed by atoms with Crippen LogP contribution in [-0.4, -0.2) is 28.9 Å². The number of rotatable bonds is 3. The van der Waals surface area contributed by atoms with Crippen molar-refractivity contribution in [3.63, 3.8) is 0 Å². The van der Waals surface area contributed by atoms with E-state index in [9.17, 15) is 4.79 Å². The van der Waals surface area contributed by atoms with Crippen molar-refractivity contribution >= 4 is 17.3 Å². The highest BCUT2D eigenvalue weighted by atomic mass is 16.2. The summed E-state index contributed by atoms with van der Waals surface area (Å²) in [5.74, 6) is 0.0302. The summed E-state index contributed by atoms with van der Waals surface area (Å²) in [6.07, 6.45) is 3.87. The molecule has 1 aromatic carbocycles. The molecule has 114 valence electrons. The molecule has 0 aliphatic carbocycles. The number of carbonyl (C=O) groups is 1. The monoisotopic (exact) mass is 295 g/mol. The first kappa shape index (κ1) is 14.6. The van der Waals surface area contributed by atoms with Gasteiger partial charge in [-0.3, -0.25) is 9.78 Å². The van der Waals surface area contributed by atoms with Crippen molar-refractivity contribution in [3.05, 3.63) is 53.3 Å². The van der Waals surface area contributed by atoms with Gasteiger partial charge in [0.15, 0.2) is 0 Å². The van der Waals surface area contributed by atoms with E-state index in [1.54, 1.807) is 6.20 Å². The zero-order valence-electron chi connectivity index (χ0n) is 13.1. The third-order valence-electron chi connectivity index (χ3n) is 4.12. The van der Waals surface area contributed by atoms with Crippen molar-refractivity contribution in [1.29, 1.82) is 0 Å². The second kappa shape index (κ2) is 6.18. The molecule has 2 heterocycles. The van der Waals surface area contributed by atoms with Crippen molar-refractivity contribution in [1.82, 2.24) is 9.88 Å². The first-order chi connectivity index (χ1) is 10.6. The van der Waals surface area contributed by atoms with Crippen LogP contribution in [0.15, 0.2) is 36.5 Å². The van der Waals surface area contributed by atoms with Gasteiger partial charge < -0.3 is 10.2 Å². The van der Waals surface area contributed by atoms with Gasteiger partial charge in [0, 0.05) is 30.7 Å². The van der Waals surface area contributed by atoms with E-state index >= 15 is 0 Å². The molecule has 0 saturated carbocycles. The van der Waals surface area contributed by atoms with Crippen LogP contribution in [0.1, 0.15) is 34.5 Å². The number of nitrogens with zero attached hydrogens (tertiary/aromatic N) is 2. The van der Waals surface area contributed by atoms with E-state index in [0.717, 1.165) is 37.3 Å². The van der Waals surface area contributed by atoms with E-state index in [-0.39, 0.29) is 5.91 Å². The summed E-state index contributed by atoms with van der Waals surface area (Å²) in [7, 11) is 0. The van der Waals surface area contributed by atoms with Gasteiger partial charge in [-0.05, 0) is 49.9 Å². The van der Waals surface area contributed by atoms with Crippen molar-refractivity contribution in [3.8, 4) is 0 Å². The summed E-state index contributed by atoms with van der Waals surface area (Å²) in [5, 5.41) is 3.42. The molecule has 1 fully saturated rings. The van der Waals surface area contributed by atoms with E-state index in [1.165, 1.54) is 11.1 Å². The Morgan fingerprint density at radius 2 is 1.82 bits per heavy atom. The summed E-state index contributed by atoms with van der Waals surface area (Å²) in [5.41, 5.74) is 4.87. The molecular formula is C18H21N3O. The van der Waals surface area contributed by atoms with Gasteiger partial charge in [-0.2, -0.15) is 0 Å². The number of hydrogen-bond acceptors (Lipinski definition) is 3. The van der Waals surface area contributed by atoms with Gasteiger partial charge in [-0.1, -0.05) is 18.2 Å². The van der Waals surface area contributed by atoms with E-state index in [4.69, 9.17) is 0 Å². The smallest absolute Gasteiger partial charge is 0.272 e. The maximum atomic E-state index is 12.4. The van der Waals surface area contributed by atoms with Crippen LogP contribution in [0.25, 0.3) is 0 Å². The lowest BCUT2D eigenvalue weighted by Gasteiger charge is -2.16. The van der Waals surface area contributed by atoms with Gasteiger partial charge in [0.25, 0.3) is 5.91 Å². The van der Waals surface area contributed by atoms with Gasteiger partial charge >= 0.3 is 0 Å². The molecular weight excluding hydrogens is 274 g/mol. The van der Waals surface area contributed by atoms with Crippen LogP contribution in [0.2, 0.25) is 0 Å². The Balaban J connectivity index is 1.83. The molecule has 22 heavy (non-hydrogen) atoms. The molecule has 0 bridgehead atoms. The summed E-state index contributed by atoms with van der Waals surface area (Å²) in [6, 6.07) is 9.93. The lowest BCUT2D eigenvalue weighted by Crippen LogP contribution is -2.28. The van der Waals surface area contributed by atoms with E-state index in [1.807, 2.05) is 23.1 Å². The van der Waals surface area contributed by atoms with Crippen LogP contribution in [-0.2, 0) is 0 Å². The second-order valence-corrected chi connectivity index (χ2v) is 5.82. The first-order valence-corrected chi connectivity index (χ1v) is 7.74. The van der Waals surface area contributed by atoms with Crippen molar-refractivity contribution < 1.29 is 4.79 Å². The van der Waals surface area contributed by atoms with Crippen LogP contribution < -0.4 is 5.32 Å². The van der Waals surface area contributed by atoms with Gasteiger partial charge in [0.05, 0.1) is 0 Å². The summed E-state index contributed by atoms with van der Waals surface area (Å²) >= 11 is 0. The van der Waals surface area contributed by atoms with Crippen LogP contribution in [0.4, 0.5) is 11.4 Å². The number of anilines is 2. The third kappa shape index (κ3) is 2.96. The van der Waals surface area contributed by atoms with Crippen molar-refractivity contribution in [2.75, 3.05) is 18.4 Å². The molecule has 1 aliphatic rings. The number of likely N-dealkylation sites (tertiary alicyclic amines) is 1. The topological polar surface area (TPSA) is 45.2 Å². The molecule has 1 saturated heterocycles. The average molecular weight is 295 g/mol. The highest BCUT2D eigenvalue weighted by molar-refractivity contribution is 5.93. The first-order valence-electron chi connectivity index (χ1n) is 7.74. The quantitative estimate of drug-likeness (QED) is 0.939. The number of nitrogens with one attached hydrogen (secondary N) is 1. The fourth-order valence-electron chi connectivity index (χ4n) is 2.86. The maximum absolute atomic E-state index is 12.4. The number of aromatic nitrogens is 1. The molecule has 1 amide bonds. The molecule has 0 spiro atoms. The Morgan fingerprint density at radius 1 is 1.14 bits per heavy atom. The second-order valence-electron chi connectivity index (χ2n) is 5.82. The Kier molecular flexibility index (Phi) is 4.09. The predicted octanol–water partition coefficient (Wildman–Crippen LogP) is 3.68. The Labute approximate surface area is 131 Å². The lowest BCUT2D eigenvalue weighted by molar-refractivity contribution is 0.0787. The minimum atomic E-state index is 0.0302. The Morgan fingerprint density at radius 3 is 2.50 bits per heavy atom. The van der Waals surface area contributed by atoms with Gasteiger partial charge in [0.1, 0.15) is 5.69 Å². The minimum absolute atomic E-state index is 0.0302. The highest BCUT2D eigenvalue weighted by Crippen LogP contribution is 2.24. The summed E-state index contributed by atoms with van der Waals surface area (Å²) < 4.78 is 0. The molecule has 1 aliphatic heterocycles. The Bertz CT molecular complexity index is 670. The van der Waals surface area contributed by atoms with Crippen LogP contribution in [0.3, 0.4) is 0 Å². The third-order valence-corrected chi connectivity index (χ3v) is 4.12. The predicted molar refractivity (Wildman–Crippen MR) is 88.6 cm³/mol. The summed E-state index contributed by atoms with van der Waals surface area (Å²) in [6.45, 7) is 5.84. The van der Waals surface area contributed by atoms with E-state index < -0.39 is 0 Å². The van der Waals surface area contributed by atoms with Gasteiger partial charge in [0.2, 0.25) is 0 Å². The molecule has 2 aromatic rings. The fourth-order valence-corrected chi connectivity index (χ4v) is 2.86. The van der Waals surface area contributed by atoms with Crippen LogP contribution >= 0.6 is 0 Å². The zero-order chi connectivity index (χ0) is 15.5. The Hall–Kier alpha value is -2.36. The maximum Gasteiger partial charge on any atom is 0.272 e. The van der Waals surface area contributed by atoms with Crippen molar-refractivity contribution in [2.45, 2.75) is 26.7 Å². The van der Waals surface area contributed by atoms with E-state index in [2.05, 4.69) is 36.3 Å². The van der Waals surface area contributed by atoms with Gasteiger partial charge in [-0.25, -0.2) is 0 Å². The molecule has 4 nitrogen and oxygen atoms in total. The lowest BCUT2D eigenvalue weighted by atomic mass is 10.1. The molecule has 1 aromatic heterocycles. The molecule has 0 unspecified atom stereocenters. The summed E-state index contributed by atoms with van der Waals surface area (Å²) in [4.78, 5) is 18.5.